The fraction of sp³-hybridized carbons (Fsp3) is 0.357. The second-order valence-electron chi connectivity index (χ2n) is 4.47. The zero-order valence-electron chi connectivity index (χ0n) is 11.1. The van der Waals surface area contributed by atoms with Crippen LogP contribution in [0.2, 0.25) is 0 Å². The molecule has 2 rings (SSSR count). The fourth-order valence-corrected chi connectivity index (χ4v) is 2.17. The van der Waals surface area contributed by atoms with Crippen LogP contribution in [-0.2, 0) is 0 Å². The molecule has 2 aromatic rings. The topological polar surface area (TPSA) is 68.1 Å². The number of nitro benzene ring substituents is 1. The largest absolute Gasteiger partial charge is 0.382 e. The molecule has 0 saturated carbocycles. The smallest absolute Gasteiger partial charge is 0.277 e. The highest BCUT2D eigenvalue weighted by Gasteiger charge is 2.15. The summed E-state index contributed by atoms with van der Waals surface area (Å²) in [6.07, 6.45) is 5.27. The van der Waals surface area contributed by atoms with Crippen LogP contribution in [0.3, 0.4) is 0 Å². The summed E-state index contributed by atoms with van der Waals surface area (Å²) in [6, 6.07) is 5.36. The monoisotopic (exact) mass is 259 g/mol. The van der Waals surface area contributed by atoms with E-state index < -0.39 is 0 Å². The third kappa shape index (κ3) is 2.65. The summed E-state index contributed by atoms with van der Waals surface area (Å²) in [5, 5.41) is 15.9. The molecule has 0 aliphatic rings. The Morgan fingerprint density at radius 2 is 2.00 bits per heavy atom. The Bertz CT molecular complexity index is 594. The van der Waals surface area contributed by atoms with Crippen LogP contribution < -0.4 is 5.32 Å². The SMILES string of the molecule is CCC(CC)Nc1ccc([N+](=O)[O-])c2ccncc12. The van der Waals surface area contributed by atoms with Gasteiger partial charge in [0.15, 0.2) is 0 Å². The van der Waals surface area contributed by atoms with E-state index in [9.17, 15) is 10.1 Å². The van der Waals surface area contributed by atoms with Crippen LogP contribution in [0.5, 0.6) is 0 Å². The lowest BCUT2D eigenvalue weighted by Gasteiger charge is -2.17. The minimum atomic E-state index is -0.358. The number of nitro groups is 1. The van der Waals surface area contributed by atoms with E-state index in [4.69, 9.17) is 0 Å². The third-order valence-electron chi connectivity index (χ3n) is 3.34. The molecule has 0 spiro atoms. The van der Waals surface area contributed by atoms with Gasteiger partial charge in [0.2, 0.25) is 0 Å². The van der Waals surface area contributed by atoms with Gasteiger partial charge in [-0.15, -0.1) is 0 Å². The summed E-state index contributed by atoms with van der Waals surface area (Å²) in [5.74, 6) is 0. The first-order valence-electron chi connectivity index (χ1n) is 6.45. The van der Waals surface area contributed by atoms with Gasteiger partial charge in [0, 0.05) is 35.6 Å². The molecule has 5 heteroatoms. The summed E-state index contributed by atoms with van der Waals surface area (Å²) < 4.78 is 0. The number of rotatable bonds is 5. The zero-order valence-corrected chi connectivity index (χ0v) is 11.1. The Morgan fingerprint density at radius 1 is 1.26 bits per heavy atom. The minimum Gasteiger partial charge on any atom is -0.382 e. The van der Waals surface area contributed by atoms with Crippen molar-refractivity contribution >= 4 is 22.1 Å². The number of benzene rings is 1. The van der Waals surface area contributed by atoms with E-state index in [-0.39, 0.29) is 10.6 Å². The maximum Gasteiger partial charge on any atom is 0.277 e. The highest BCUT2D eigenvalue weighted by molar-refractivity contribution is 5.99. The molecule has 1 aromatic carbocycles. The lowest BCUT2D eigenvalue weighted by molar-refractivity contribution is -0.383. The number of anilines is 1. The van der Waals surface area contributed by atoms with Crippen LogP contribution in [0.15, 0.2) is 30.6 Å². The normalized spacial score (nSPS) is 10.9. The fourth-order valence-electron chi connectivity index (χ4n) is 2.17. The summed E-state index contributed by atoms with van der Waals surface area (Å²) in [4.78, 5) is 14.7. The molecule has 100 valence electrons. The van der Waals surface area contributed by atoms with Gasteiger partial charge >= 0.3 is 0 Å². The Balaban J connectivity index is 2.52. The lowest BCUT2D eigenvalue weighted by Crippen LogP contribution is -2.17. The van der Waals surface area contributed by atoms with Crippen LogP contribution in [0, 0.1) is 10.1 Å². The predicted octanol–water partition coefficient (Wildman–Crippen LogP) is 3.74. The van der Waals surface area contributed by atoms with Crippen LogP contribution in [0.1, 0.15) is 26.7 Å². The van der Waals surface area contributed by atoms with Gasteiger partial charge in [-0.05, 0) is 25.0 Å². The van der Waals surface area contributed by atoms with E-state index in [0.29, 0.717) is 11.4 Å². The quantitative estimate of drug-likeness (QED) is 0.656. The number of pyridine rings is 1. The molecule has 1 aromatic heterocycles. The lowest BCUT2D eigenvalue weighted by atomic mass is 10.1. The molecule has 0 aliphatic carbocycles. The molecule has 19 heavy (non-hydrogen) atoms. The molecule has 0 atom stereocenters. The number of nitrogens with one attached hydrogen (secondary N) is 1. The molecular weight excluding hydrogens is 242 g/mol. The molecule has 1 N–H and O–H groups in total. The van der Waals surface area contributed by atoms with Gasteiger partial charge in [-0.25, -0.2) is 0 Å². The van der Waals surface area contributed by atoms with Crippen molar-refractivity contribution in [2.45, 2.75) is 32.7 Å². The molecule has 0 radical (unpaired) electrons. The average Bonchev–Trinajstić information content (AvgIpc) is 2.44. The summed E-state index contributed by atoms with van der Waals surface area (Å²) in [6.45, 7) is 4.24. The number of hydrogen-bond acceptors (Lipinski definition) is 4. The maximum atomic E-state index is 11.0. The minimum absolute atomic E-state index is 0.118. The van der Waals surface area contributed by atoms with Gasteiger partial charge in [-0.2, -0.15) is 0 Å². The third-order valence-corrected chi connectivity index (χ3v) is 3.34. The molecular formula is C14H17N3O2. The van der Waals surface area contributed by atoms with Gasteiger partial charge in [0.25, 0.3) is 5.69 Å². The van der Waals surface area contributed by atoms with Gasteiger partial charge in [-0.1, -0.05) is 13.8 Å². The van der Waals surface area contributed by atoms with Crippen molar-refractivity contribution in [2.24, 2.45) is 0 Å². The van der Waals surface area contributed by atoms with Gasteiger partial charge < -0.3 is 5.32 Å². The molecule has 0 bridgehead atoms. The van der Waals surface area contributed by atoms with Crippen molar-refractivity contribution in [1.82, 2.24) is 4.98 Å². The maximum absolute atomic E-state index is 11.0. The second kappa shape index (κ2) is 5.65. The second-order valence-corrected chi connectivity index (χ2v) is 4.47. The Hall–Kier alpha value is -2.17. The molecule has 0 amide bonds. The van der Waals surface area contributed by atoms with Crippen molar-refractivity contribution in [3.63, 3.8) is 0 Å². The number of nitrogens with zero attached hydrogens (tertiary/aromatic N) is 2. The highest BCUT2D eigenvalue weighted by atomic mass is 16.6. The number of fused-ring (bicyclic) bond motifs is 1. The zero-order chi connectivity index (χ0) is 13.8. The van der Waals surface area contributed by atoms with Crippen LogP contribution in [0.4, 0.5) is 11.4 Å². The van der Waals surface area contributed by atoms with E-state index in [1.54, 1.807) is 30.6 Å². The van der Waals surface area contributed by atoms with E-state index in [2.05, 4.69) is 24.1 Å². The van der Waals surface area contributed by atoms with E-state index in [1.165, 1.54) is 0 Å². The Kier molecular flexibility index (Phi) is 3.94. The van der Waals surface area contributed by atoms with Crippen molar-refractivity contribution in [3.05, 3.63) is 40.7 Å². The van der Waals surface area contributed by atoms with Crippen LogP contribution in [-0.4, -0.2) is 15.9 Å². The number of aromatic nitrogens is 1. The van der Waals surface area contributed by atoms with Crippen molar-refractivity contribution in [2.75, 3.05) is 5.32 Å². The van der Waals surface area contributed by atoms with Crippen molar-refractivity contribution in [3.8, 4) is 0 Å². The van der Waals surface area contributed by atoms with Gasteiger partial charge in [-0.3, -0.25) is 15.1 Å². The molecule has 5 nitrogen and oxygen atoms in total. The number of hydrogen-bond donors (Lipinski definition) is 1. The Labute approximate surface area is 111 Å². The van der Waals surface area contributed by atoms with Crippen LogP contribution in [0.25, 0.3) is 10.8 Å². The van der Waals surface area contributed by atoms with Crippen molar-refractivity contribution < 1.29 is 4.92 Å². The predicted molar refractivity (Wildman–Crippen MR) is 76.4 cm³/mol. The molecule has 0 unspecified atom stereocenters. The first-order chi connectivity index (χ1) is 9.17. The molecule has 1 heterocycles. The van der Waals surface area contributed by atoms with E-state index in [0.717, 1.165) is 23.9 Å². The molecule has 0 fully saturated rings. The average molecular weight is 259 g/mol. The first-order valence-corrected chi connectivity index (χ1v) is 6.45. The first kappa shape index (κ1) is 13.3. The number of non-ortho nitro benzene ring substituents is 1. The molecule has 0 aliphatic heterocycles. The summed E-state index contributed by atoms with van der Waals surface area (Å²) >= 11 is 0. The van der Waals surface area contributed by atoms with E-state index >= 15 is 0 Å². The standard InChI is InChI=1S/C14H17N3O2/c1-3-10(4-2)16-13-5-6-14(17(18)19)11-7-8-15-9-12(11)13/h5-10,16H,3-4H2,1-2H3. The molecule has 0 saturated heterocycles. The van der Waals surface area contributed by atoms with Gasteiger partial charge in [0.05, 0.1) is 10.3 Å². The summed E-state index contributed by atoms with van der Waals surface area (Å²) in [5.41, 5.74) is 1.02. The van der Waals surface area contributed by atoms with E-state index in [1.807, 2.05) is 0 Å². The summed E-state index contributed by atoms with van der Waals surface area (Å²) in [7, 11) is 0. The van der Waals surface area contributed by atoms with Gasteiger partial charge in [0.1, 0.15) is 0 Å². The van der Waals surface area contributed by atoms with Crippen molar-refractivity contribution in [1.29, 1.82) is 0 Å². The highest BCUT2D eigenvalue weighted by Crippen LogP contribution is 2.31. The van der Waals surface area contributed by atoms with Crippen LogP contribution >= 0.6 is 0 Å². The Morgan fingerprint density at radius 3 is 2.63 bits per heavy atom.